The third kappa shape index (κ3) is 4.95. The number of nitrogens with zero attached hydrogens (tertiary/aromatic N) is 3. The van der Waals surface area contributed by atoms with Crippen LogP contribution in [-0.2, 0) is 11.3 Å². The van der Waals surface area contributed by atoms with E-state index in [1.54, 1.807) is 50.2 Å². The second-order valence-corrected chi connectivity index (χ2v) is 7.07. The number of halogens is 1. The van der Waals surface area contributed by atoms with Gasteiger partial charge in [-0.2, -0.15) is 0 Å². The van der Waals surface area contributed by atoms with E-state index in [9.17, 15) is 9.59 Å². The summed E-state index contributed by atoms with van der Waals surface area (Å²) in [5, 5.41) is 13.9. The Labute approximate surface area is 184 Å². The van der Waals surface area contributed by atoms with E-state index in [1.165, 1.54) is 18.9 Å². The topological polar surface area (TPSA) is 107 Å². The van der Waals surface area contributed by atoms with Crippen LogP contribution in [0.5, 0.6) is 11.5 Å². The molecular formula is C21H22ClN5O4. The van der Waals surface area contributed by atoms with Gasteiger partial charge in [0.25, 0.3) is 5.91 Å². The molecule has 3 aromatic rings. The van der Waals surface area contributed by atoms with Gasteiger partial charge in [0.05, 0.1) is 19.9 Å². The number of hydrogen-bond donors (Lipinski definition) is 2. The summed E-state index contributed by atoms with van der Waals surface area (Å²) in [7, 11) is 3.05. The summed E-state index contributed by atoms with van der Waals surface area (Å²) in [4.78, 5) is 25.1. The zero-order valence-electron chi connectivity index (χ0n) is 17.5. The molecule has 0 fully saturated rings. The molecule has 2 N–H and O–H groups in total. The van der Waals surface area contributed by atoms with Crippen molar-refractivity contribution in [1.29, 1.82) is 0 Å². The van der Waals surface area contributed by atoms with E-state index in [-0.39, 0.29) is 18.1 Å². The second-order valence-electron chi connectivity index (χ2n) is 6.67. The zero-order chi connectivity index (χ0) is 22.5. The number of carbonyl (C=O) groups excluding carboxylic acids is 2. The molecule has 0 saturated carbocycles. The van der Waals surface area contributed by atoms with Gasteiger partial charge in [-0.25, -0.2) is 4.68 Å². The molecule has 0 saturated heterocycles. The molecule has 0 aliphatic rings. The SMILES string of the molecule is COc1ccc(NC(=O)Cn2nnc(C(=O)Nc3cccc(Cl)c3C)c2C)cc1OC. The lowest BCUT2D eigenvalue weighted by Gasteiger charge is -2.11. The van der Waals surface area contributed by atoms with Crippen molar-refractivity contribution in [3.8, 4) is 11.5 Å². The van der Waals surface area contributed by atoms with Crippen LogP contribution in [0.1, 0.15) is 21.7 Å². The molecule has 9 nitrogen and oxygen atoms in total. The lowest BCUT2D eigenvalue weighted by Crippen LogP contribution is -2.21. The van der Waals surface area contributed by atoms with Crippen LogP contribution in [0.3, 0.4) is 0 Å². The number of amides is 2. The van der Waals surface area contributed by atoms with E-state index in [1.807, 2.05) is 0 Å². The van der Waals surface area contributed by atoms with E-state index in [0.717, 1.165) is 5.56 Å². The fraction of sp³-hybridized carbons (Fsp3) is 0.238. The Hall–Kier alpha value is -3.59. The van der Waals surface area contributed by atoms with Crippen LogP contribution in [-0.4, -0.2) is 41.0 Å². The number of rotatable bonds is 7. The molecule has 0 aliphatic heterocycles. The average molecular weight is 444 g/mol. The van der Waals surface area contributed by atoms with Crippen LogP contribution < -0.4 is 20.1 Å². The van der Waals surface area contributed by atoms with Crippen molar-refractivity contribution in [3.63, 3.8) is 0 Å². The molecule has 0 spiro atoms. The van der Waals surface area contributed by atoms with E-state index >= 15 is 0 Å². The Bertz CT molecular complexity index is 1130. The third-order valence-electron chi connectivity index (χ3n) is 4.67. The van der Waals surface area contributed by atoms with E-state index < -0.39 is 5.91 Å². The van der Waals surface area contributed by atoms with Crippen LogP contribution in [0.2, 0.25) is 5.02 Å². The lowest BCUT2D eigenvalue weighted by atomic mass is 10.2. The zero-order valence-corrected chi connectivity index (χ0v) is 18.3. The van der Waals surface area contributed by atoms with Crippen molar-refractivity contribution in [1.82, 2.24) is 15.0 Å². The number of hydrogen-bond acceptors (Lipinski definition) is 6. The smallest absolute Gasteiger partial charge is 0.278 e. The van der Waals surface area contributed by atoms with Gasteiger partial charge in [-0.3, -0.25) is 9.59 Å². The molecule has 1 heterocycles. The highest BCUT2D eigenvalue weighted by atomic mass is 35.5. The number of aromatic nitrogens is 3. The highest BCUT2D eigenvalue weighted by Gasteiger charge is 2.19. The first kappa shape index (κ1) is 22.1. The van der Waals surface area contributed by atoms with E-state index in [0.29, 0.717) is 33.6 Å². The predicted octanol–water partition coefficient (Wildman–Crippen LogP) is 3.46. The molecule has 0 bridgehead atoms. The minimum absolute atomic E-state index is 0.114. The van der Waals surface area contributed by atoms with Crippen molar-refractivity contribution in [3.05, 3.63) is 58.4 Å². The number of benzene rings is 2. The van der Waals surface area contributed by atoms with Gasteiger partial charge in [0.2, 0.25) is 5.91 Å². The maximum Gasteiger partial charge on any atom is 0.278 e. The maximum atomic E-state index is 12.6. The Balaban J connectivity index is 1.69. The van der Waals surface area contributed by atoms with Crippen LogP contribution >= 0.6 is 11.6 Å². The van der Waals surface area contributed by atoms with Crippen molar-refractivity contribution in [2.45, 2.75) is 20.4 Å². The minimum Gasteiger partial charge on any atom is -0.493 e. The second kappa shape index (κ2) is 9.48. The van der Waals surface area contributed by atoms with Gasteiger partial charge >= 0.3 is 0 Å². The van der Waals surface area contributed by atoms with E-state index in [2.05, 4.69) is 20.9 Å². The third-order valence-corrected chi connectivity index (χ3v) is 5.08. The molecule has 162 valence electrons. The minimum atomic E-state index is -0.436. The fourth-order valence-electron chi connectivity index (χ4n) is 2.90. The first-order valence-electron chi connectivity index (χ1n) is 9.32. The molecule has 2 amide bonds. The van der Waals surface area contributed by atoms with Crippen molar-refractivity contribution < 1.29 is 19.1 Å². The summed E-state index contributed by atoms with van der Waals surface area (Å²) >= 11 is 6.10. The molecule has 0 radical (unpaired) electrons. The first-order valence-corrected chi connectivity index (χ1v) is 9.70. The molecule has 3 rings (SSSR count). The van der Waals surface area contributed by atoms with E-state index in [4.69, 9.17) is 21.1 Å². The molecule has 0 unspecified atom stereocenters. The molecule has 10 heteroatoms. The summed E-state index contributed by atoms with van der Waals surface area (Å²) in [6.07, 6.45) is 0. The van der Waals surface area contributed by atoms with Gasteiger partial charge in [-0.15, -0.1) is 5.10 Å². The Morgan fingerprint density at radius 3 is 2.52 bits per heavy atom. The quantitative estimate of drug-likeness (QED) is 0.579. The standard InChI is InChI=1S/C21H22ClN5O4/c1-12-15(22)6-5-7-16(12)24-21(29)20-13(2)27(26-25-20)11-19(28)23-14-8-9-17(30-3)18(10-14)31-4/h5-10H,11H2,1-4H3,(H,23,28)(H,24,29). The molecule has 0 atom stereocenters. The summed E-state index contributed by atoms with van der Waals surface area (Å²) in [5.41, 5.74) is 2.45. The van der Waals surface area contributed by atoms with Gasteiger partial charge in [0, 0.05) is 22.5 Å². The number of ether oxygens (including phenoxy) is 2. The summed E-state index contributed by atoms with van der Waals surface area (Å²) in [6.45, 7) is 3.36. The molecule has 1 aromatic heterocycles. The highest BCUT2D eigenvalue weighted by Crippen LogP contribution is 2.29. The maximum absolute atomic E-state index is 12.6. The Morgan fingerprint density at radius 1 is 1.06 bits per heavy atom. The Kier molecular flexibility index (Phi) is 6.76. The fourth-order valence-corrected chi connectivity index (χ4v) is 3.07. The number of methoxy groups -OCH3 is 2. The van der Waals surface area contributed by atoms with Crippen LogP contribution in [0.25, 0.3) is 0 Å². The monoisotopic (exact) mass is 443 g/mol. The summed E-state index contributed by atoms with van der Waals surface area (Å²) in [6, 6.07) is 10.3. The average Bonchev–Trinajstić information content (AvgIpc) is 3.11. The van der Waals surface area contributed by atoms with Crippen molar-refractivity contribution in [2.24, 2.45) is 0 Å². The van der Waals surface area contributed by atoms with Gasteiger partial charge in [-0.1, -0.05) is 22.9 Å². The van der Waals surface area contributed by atoms with Crippen LogP contribution in [0.4, 0.5) is 11.4 Å². The highest BCUT2D eigenvalue weighted by molar-refractivity contribution is 6.31. The predicted molar refractivity (Wildman–Crippen MR) is 117 cm³/mol. The van der Waals surface area contributed by atoms with Gasteiger partial charge in [-0.05, 0) is 43.7 Å². The number of carbonyl (C=O) groups is 2. The van der Waals surface area contributed by atoms with Crippen molar-refractivity contribution in [2.75, 3.05) is 24.9 Å². The van der Waals surface area contributed by atoms with Gasteiger partial charge in [0.15, 0.2) is 17.2 Å². The normalized spacial score (nSPS) is 10.5. The van der Waals surface area contributed by atoms with Gasteiger partial charge in [0.1, 0.15) is 6.54 Å². The molecule has 0 aliphatic carbocycles. The largest absolute Gasteiger partial charge is 0.493 e. The Morgan fingerprint density at radius 2 is 1.81 bits per heavy atom. The van der Waals surface area contributed by atoms with Crippen LogP contribution in [0.15, 0.2) is 36.4 Å². The number of nitrogens with one attached hydrogen (secondary N) is 2. The first-order chi connectivity index (χ1) is 14.8. The molecular weight excluding hydrogens is 422 g/mol. The summed E-state index contributed by atoms with van der Waals surface area (Å²) < 4.78 is 11.8. The lowest BCUT2D eigenvalue weighted by molar-refractivity contribution is -0.117. The van der Waals surface area contributed by atoms with Gasteiger partial charge < -0.3 is 20.1 Å². The van der Waals surface area contributed by atoms with Crippen LogP contribution in [0, 0.1) is 13.8 Å². The molecule has 31 heavy (non-hydrogen) atoms. The molecule has 2 aromatic carbocycles. The number of anilines is 2. The van der Waals surface area contributed by atoms with Crippen molar-refractivity contribution >= 4 is 34.8 Å². The summed E-state index contributed by atoms with van der Waals surface area (Å²) in [5.74, 6) is 0.276.